The Morgan fingerprint density at radius 2 is 1.75 bits per heavy atom. The summed E-state index contributed by atoms with van der Waals surface area (Å²) in [6, 6.07) is 5.81. The number of hydrogen-bond acceptors (Lipinski definition) is 1. The first-order chi connectivity index (χ1) is 7.49. The van der Waals surface area contributed by atoms with Crippen LogP contribution in [-0.2, 0) is 10.2 Å². The third-order valence-electron chi connectivity index (χ3n) is 2.96. The van der Waals surface area contributed by atoms with E-state index >= 15 is 0 Å². The molecule has 1 aromatic rings. The number of amides is 1. The minimum atomic E-state index is -4.19. The number of alkyl halides is 3. The fourth-order valence-electron chi connectivity index (χ4n) is 1.81. The van der Waals surface area contributed by atoms with Crippen LogP contribution in [0, 0.1) is 0 Å². The van der Waals surface area contributed by atoms with Gasteiger partial charge in [-0.15, -0.1) is 0 Å². The van der Waals surface area contributed by atoms with E-state index in [0.717, 1.165) is 0 Å². The van der Waals surface area contributed by atoms with Crippen LogP contribution in [-0.4, -0.2) is 12.6 Å². The third kappa shape index (κ3) is 1.66. The molecule has 2 nitrogen and oxygen atoms in total. The van der Waals surface area contributed by atoms with Crippen molar-refractivity contribution < 1.29 is 18.0 Å². The Morgan fingerprint density at radius 1 is 1.19 bits per heavy atom. The van der Waals surface area contributed by atoms with Crippen LogP contribution in [0.5, 0.6) is 0 Å². The maximum atomic E-state index is 12.8. The lowest BCUT2D eigenvalue weighted by atomic mass is 9.95. The van der Waals surface area contributed by atoms with Crippen molar-refractivity contribution in [1.29, 1.82) is 0 Å². The molecule has 2 rings (SSSR count). The molecule has 1 amide bonds. The Hall–Kier alpha value is -1.52. The number of rotatable bonds is 3. The third-order valence-corrected chi connectivity index (χ3v) is 2.96. The molecule has 5 heteroatoms. The van der Waals surface area contributed by atoms with Crippen LogP contribution < -0.4 is 5.32 Å². The summed E-state index contributed by atoms with van der Waals surface area (Å²) >= 11 is 0. The molecular weight excluding hydrogens is 219 g/mol. The van der Waals surface area contributed by atoms with Crippen LogP contribution in [0.3, 0.4) is 0 Å². The van der Waals surface area contributed by atoms with E-state index in [0.29, 0.717) is 12.1 Å². The second kappa shape index (κ2) is 3.50. The monoisotopic (exact) mass is 229 g/mol. The van der Waals surface area contributed by atoms with Gasteiger partial charge in [-0.05, 0) is 30.5 Å². The molecule has 0 aliphatic heterocycles. The van der Waals surface area contributed by atoms with Gasteiger partial charge in [-0.1, -0.05) is 12.1 Å². The van der Waals surface area contributed by atoms with Gasteiger partial charge in [0.1, 0.15) is 0 Å². The van der Waals surface area contributed by atoms with Crippen molar-refractivity contribution in [1.82, 2.24) is 0 Å². The summed E-state index contributed by atoms with van der Waals surface area (Å²) in [7, 11) is 0. The molecule has 1 aliphatic carbocycles. The number of carbonyl (C=O) groups is 1. The molecule has 0 bridgehead atoms. The summed E-state index contributed by atoms with van der Waals surface area (Å²) in [6.45, 7) is 0. The number of hydrogen-bond donors (Lipinski definition) is 1. The minimum absolute atomic E-state index is 0.150. The maximum absolute atomic E-state index is 12.8. The number of benzene rings is 1. The molecule has 0 unspecified atom stereocenters. The standard InChI is InChI=1S/C11H10F3NO/c12-11(13,14)10(5-6-10)8-1-3-9(4-2-8)15-7-16/h1-4,7H,5-6H2,(H,15,16). The molecular formula is C11H10F3NO. The second-order valence-electron chi connectivity index (χ2n) is 3.92. The van der Waals surface area contributed by atoms with E-state index in [1.54, 1.807) is 0 Å². The van der Waals surface area contributed by atoms with Gasteiger partial charge in [0.2, 0.25) is 6.41 Å². The zero-order chi connectivity index (χ0) is 11.8. The summed E-state index contributed by atoms with van der Waals surface area (Å²) in [5, 5.41) is 2.38. The molecule has 0 saturated heterocycles. The van der Waals surface area contributed by atoms with E-state index in [1.165, 1.54) is 24.3 Å². The predicted octanol–water partition coefficient (Wildman–Crippen LogP) is 2.85. The van der Waals surface area contributed by atoms with Gasteiger partial charge < -0.3 is 5.32 Å². The first kappa shape index (κ1) is 11.0. The summed E-state index contributed by atoms with van der Waals surface area (Å²) < 4.78 is 38.3. The average molecular weight is 229 g/mol. The lowest BCUT2D eigenvalue weighted by Crippen LogP contribution is -2.28. The number of halogens is 3. The average Bonchev–Trinajstić information content (AvgIpc) is 2.99. The van der Waals surface area contributed by atoms with Crippen LogP contribution in [0.25, 0.3) is 0 Å². The Balaban J connectivity index is 2.26. The van der Waals surface area contributed by atoms with Gasteiger partial charge in [0.15, 0.2) is 0 Å². The Morgan fingerprint density at radius 3 is 2.12 bits per heavy atom. The molecule has 1 aromatic carbocycles. The summed E-state index contributed by atoms with van der Waals surface area (Å²) in [6.07, 6.45) is -3.40. The molecule has 86 valence electrons. The fraction of sp³-hybridized carbons (Fsp3) is 0.364. The van der Waals surface area contributed by atoms with E-state index < -0.39 is 11.6 Å². The summed E-state index contributed by atoms with van der Waals surface area (Å²) in [5.41, 5.74) is -0.875. The van der Waals surface area contributed by atoms with Gasteiger partial charge >= 0.3 is 6.18 Å². The lowest BCUT2D eigenvalue weighted by Gasteiger charge is -2.19. The van der Waals surface area contributed by atoms with Crippen LogP contribution >= 0.6 is 0 Å². The van der Waals surface area contributed by atoms with Crippen LogP contribution in [0.4, 0.5) is 18.9 Å². The molecule has 0 spiro atoms. The number of carbonyl (C=O) groups excluding carboxylic acids is 1. The highest BCUT2D eigenvalue weighted by atomic mass is 19.4. The number of nitrogens with one attached hydrogen (secondary N) is 1. The highest BCUT2D eigenvalue weighted by Gasteiger charge is 2.64. The lowest BCUT2D eigenvalue weighted by molar-refractivity contribution is -0.160. The first-order valence-corrected chi connectivity index (χ1v) is 4.87. The molecule has 1 fully saturated rings. The largest absolute Gasteiger partial charge is 0.398 e. The van der Waals surface area contributed by atoms with Crippen molar-refractivity contribution in [2.75, 3.05) is 5.32 Å². The number of anilines is 1. The second-order valence-corrected chi connectivity index (χ2v) is 3.92. The van der Waals surface area contributed by atoms with Gasteiger partial charge in [-0.3, -0.25) is 4.79 Å². The minimum Gasteiger partial charge on any atom is -0.329 e. The van der Waals surface area contributed by atoms with Gasteiger partial charge in [0.05, 0.1) is 5.41 Å². The quantitative estimate of drug-likeness (QED) is 0.793. The molecule has 1 aliphatic rings. The van der Waals surface area contributed by atoms with Crippen molar-refractivity contribution in [2.24, 2.45) is 0 Å². The normalized spacial score (nSPS) is 17.9. The summed E-state index contributed by atoms with van der Waals surface area (Å²) in [5.74, 6) is 0. The SMILES string of the molecule is O=CNc1ccc(C2(C(F)(F)F)CC2)cc1. The fourth-order valence-corrected chi connectivity index (χ4v) is 1.81. The van der Waals surface area contributed by atoms with Crippen LogP contribution in [0.1, 0.15) is 18.4 Å². The predicted molar refractivity (Wildman–Crippen MR) is 53.1 cm³/mol. The molecule has 1 N–H and O–H groups in total. The molecule has 0 radical (unpaired) electrons. The zero-order valence-corrected chi connectivity index (χ0v) is 8.34. The van der Waals surface area contributed by atoms with Crippen LogP contribution in [0.2, 0.25) is 0 Å². The van der Waals surface area contributed by atoms with Crippen molar-refractivity contribution in [3.63, 3.8) is 0 Å². The Kier molecular flexibility index (Phi) is 2.40. The maximum Gasteiger partial charge on any atom is 0.398 e. The highest BCUT2D eigenvalue weighted by molar-refractivity contribution is 5.71. The molecule has 16 heavy (non-hydrogen) atoms. The molecule has 1 saturated carbocycles. The van der Waals surface area contributed by atoms with Gasteiger partial charge in [-0.2, -0.15) is 13.2 Å². The smallest absolute Gasteiger partial charge is 0.329 e. The van der Waals surface area contributed by atoms with E-state index in [-0.39, 0.29) is 18.4 Å². The molecule has 0 aromatic heterocycles. The van der Waals surface area contributed by atoms with E-state index in [9.17, 15) is 18.0 Å². The van der Waals surface area contributed by atoms with E-state index in [2.05, 4.69) is 5.32 Å². The van der Waals surface area contributed by atoms with E-state index in [1.807, 2.05) is 0 Å². The van der Waals surface area contributed by atoms with Crippen molar-refractivity contribution >= 4 is 12.1 Å². The van der Waals surface area contributed by atoms with Crippen molar-refractivity contribution in [3.05, 3.63) is 29.8 Å². The molecule has 0 heterocycles. The zero-order valence-electron chi connectivity index (χ0n) is 8.34. The highest BCUT2D eigenvalue weighted by Crippen LogP contribution is 2.58. The van der Waals surface area contributed by atoms with Gasteiger partial charge in [0.25, 0.3) is 0 Å². The first-order valence-electron chi connectivity index (χ1n) is 4.87. The van der Waals surface area contributed by atoms with Crippen molar-refractivity contribution in [2.45, 2.75) is 24.4 Å². The van der Waals surface area contributed by atoms with Gasteiger partial charge in [-0.25, -0.2) is 0 Å². The Bertz CT molecular complexity index is 393. The van der Waals surface area contributed by atoms with Crippen LogP contribution in [0.15, 0.2) is 24.3 Å². The topological polar surface area (TPSA) is 29.1 Å². The van der Waals surface area contributed by atoms with Gasteiger partial charge in [0, 0.05) is 5.69 Å². The summed E-state index contributed by atoms with van der Waals surface area (Å²) in [4.78, 5) is 10.1. The van der Waals surface area contributed by atoms with E-state index in [4.69, 9.17) is 0 Å². The van der Waals surface area contributed by atoms with Crippen molar-refractivity contribution in [3.8, 4) is 0 Å². The molecule has 0 atom stereocenters. The Labute approximate surface area is 90.5 Å².